The van der Waals surface area contributed by atoms with Crippen molar-refractivity contribution < 1.29 is 4.74 Å². The summed E-state index contributed by atoms with van der Waals surface area (Å²) < 4.78 is 5.34. The summed E-state index contributed by atoms with van der Waals surface area (Å²) in [5.41, 5.74) is 1.30. The Bertz CT molecular complexity index is 555. The number of hydrogen-bond donors (Lipinski definition) is 0. The van der Waals surface area contributed by atoms with Crippen LogP contribution < -0.4 is 0 Å². The summed E-state index contributed by atoms with van der Waals surface area (Å²) >= 11 is 0. The standard InChI is InChI=1S/C28H50O/c1-19(2)21-13-15-27(4)22(18-21)9-10-23-25-12-11-24(20(3)8-7-17-29-6)28(25,5)16-14-26(23)27/h19-26H,7-18H2,1-6H3. The molecule has 0 saturated heterocycles. The van der Waals surface area contributed by atoms with Crippen molar-refractivity contribution in [2.24, 2.45) is 58.2 Å². The predicted octanol–water partition coefficient (Wildman–Crippen LogP) is 7.98. The minimum Gasteiger partial charge on any atom is -0.385 e. The molecule has 0 aromatic heterocycles. The van der Waals surface area contributed by atoms with Crippen molar-refractivity contribution in [3.63, 3.8) is 0 Å². The van der Waals surface area contributed by atoms with E-state index in [1.165, 1.54) is 51.4 Å². The van der Waals surface area contributed by atoms with Crippen LogP contribution in [0.15, 0.2) is 0 Å². The molecule has 29 heavy (non-hydrogen) atoms. The van der Waals surface area contributed by atoms with Crippen LogP contribution in [0, 0.1) is 58.2 Å². The van der Waals surface area contributed by atoms with E-state index in [4.69, 9.17) is 4.74 Å². The summed E-state index contributed by atoms with van der Waals surface area (Å²) in [4.78, 5) is 0. The summed E-state index contributed by atoms with van der Waals surface area (Å²) in [5.74, 6) is 7.87. The number of fused-ring (bicyclic) bond motifs is 5. The van der Waals surface area contributed by atoms with Gasteiger partial charge in [-0.1, -0.05) is 34.6 Å². The monoisotopic (exact) mass is 402 g/mol. The van der Waals surface area contributed by atoms with Crippen molar-refractivity contribution in [2.75, 3.05) is 13.7 Å². The van der Waals surface area contributed by atoms with E-state index in [-0.39, 0.29) is 0 Å². The molecule has 0 amide bonds. The molecule has 0 heterocycles. The van der Waals surface area contributed by atoms with Gasteiger partial charge in [-0.05, 0) is 129 Å². The van der Waals surface area contributed by atoms with Gasteiger partial charge in [0.2, 0.25) is 0 Å². The zero-order valence-corrected chi connectivity index (χ0v) is 20.5. The molecule has 0 radical (unpaired) electrons. The predicted molar refractivity (Wildman–Crippen MR) is 124 cm³/mol. The highest BCUT2D eigenvalue weighted by molar-refractivity contribution is 5.09. The van der Waals surface area contributed by atoms with Gasteiger partial charge in [0, 0.05) is 13.7 Å². The van der Waals surface area contributed by atoms with Gasteiger partial charge in [0.25, 0.3) is 0 Å². The summed E-state index contributed by atoms with van der Waals surface area (Å²) in [7, 11) is 1.85. The molecule has 1 nitrogen and oxygen atoms in total. The maximum Gasteiger partial charge on any atom is 0.0462 e. The molecule has 9 atom stereocenters. The van der Waals surface area contributed by atoms with Crippen LogP contribution >= 0.6 is 0 Å². The topological polar surface area (TPSA) is 9.23 Å². The molecule has 4 saturated carbocycles. The van der Waals surface area contributed by atoms with Crippen molar-refractivity contribution >= 4 is 0 Å². The van der Waals surface area contributed by atoms with Gasteiger partial charge in [-0.15, -0.1) is 0 Å². The highest BCUT2D eigenvalue weighted by Gasteiger charge is 2.60. The molecule has 0 spiro atoms. The first-order valence-corrected chi connectivity index (χ1v) is 13.3. The van der Waals surface area contributed by atoms with Gasteiger partial charge in [0.15, 0.2) is 0 Å². The van der Waals surface area contributed by atoms with E-state index in [0.29, 0.717) is 10.8 Å². The van der Waals surface area contributed by atoms with E-state index < -0.39 is 0 Å². The third-order valence-electron chi connectivity index (χ3n) is 11.4. The largest absolute Gasteiger partial charge is 0.385 e. The van der Waals surface area contributed by atoms with Crippen molar-refractivity contribution in [1.29, 1.82) is 0 Å². The summed E-state index contributed by atoms with van der Waals surface area (Å²) in [6.45, 7) is 13.9. The smallest absolute Gasteiger partial charge is 0.0462 e. The first-order valence-electron chi connectivity index (χ1n) is 13.3. The first kappa shape index (κ1) is 22.2. The van der Waals surface area contributed by atoms with Crippen LogP contribution in [0.2, 0.25) is 0 Å². The summed E-state index contributed by atoms with van der Waals surface area (Å²) in [6, 6.07) is 0. The Hall–Kier alpha value is -0.0400. The number of rotatable bonds is 6. The lowest BCUT2D eigenvalue weighted by atomic mass is 9.43. The lowest BCUT2D eigenvalue weighted by Gasteiger charge is -2.61. The van der Waals surface area contributed by atoms with E-state index in [0.717, 1.165) is 54.0 Å². The lowest BCUT2D eigenvalue weighted by molar-refractivity contribution is -0.123. The van der Waals surface area contributed by atoms with Gasteiger partial charge in [0.1, 0.15) is 0 Å². The van der Waals surface area contributed by atoms with E-state index in [1.807, 2.05) is 7.11 Å². The highest BCUT2D eigenvalue weighted by atomic mass is 16.5. The zero-order chi connectivity index (χ0) is 20.8. The number of hydrogen-bond acceptors (Lipinski definition) is 1. The average molecular weight is 403 g/mol. The van der Waals surface area contributed by atoms with Gasteiger partial charge >= 0.3 is 0 Å². The SMILES string of the molecule is COCCCC(C)C1CCC2C3CCC4CC(C(C)C)CCC4(C)C3CCC12C. The second kappa shape index (κ2) is 8.48. The molecular weight excluding hydrogens is 352 g/mol. The van der Waals surface area contributed by atoms with Crippen LogP contribution in [0.4, 0.5) is 0 Å². The molecule has 4 rings (SSSR count). The maximum atomic E-state index is 5.34. The van der Waals surface area contributed by atoms with Crippen LogP contribution in [-0.2, 0) is 4.74 Å². The molecule has 4 aliphatic carbocycles. The Labute approximate surface area is 182 Å². The number of methoxy groups -OCH3 is 1. The fraction of sp³-hybridized carbons (Fsp3) is 1.00. The summed E-state index contributed by atoms with van der Waals surface area (Å²) in [6.07, 6.45) is 16.4. The van der Waals surface area contributed by atoms with Crippen LogP contribution in [0.1, 0.15) is 105 Å². The molecule has 0 N–H and O–H groups in total. The van der Waals surface area contributed by atoms with Crippen molar-refractivity contribution in [3.8, 4) is 0 Å². The van der Waals surface area contributed by atoms with Crippen molar-refractivity contribution in [1.82, 2.24) is 0 Å². The highest BCUT2D eigenvalue weighted by Crippen LogP contribution is 2.68. The quantitative estimate of drug-likeness (QED) is 0.409. The van der Waals surface area contributed by atoms with Crippen molar-refractivity contribution in [2.45, 2.75) is 105 Å². The molecule has 9 unspecified atom stereocenters. The third kappa shape index (κ3) is 3.74. The van der Waals surface area contributed by atoms with Gasteiger partial charge in [-0.3, -0.25) is 0 Å². The fourth-order valence-electron chi connectivity index (χ4n) is 9.62. The molecule has 4 aliphatic rings. The molecule has 4 fully saturated rings. The third-order valence-corrected chi connectivity index (χ3v) is 11.4. The molecule has 1 heteroatoms. The maximum absolute atomic E-state index is 5.34. The molecule has 0 aromatic rings. The van der Waals surface area contributed by atoms with Crippen LogP contribution in [0.25, 0.3) is 0 Å². The normalized spacial score (nSPS) is 48.1. The zero-order valence-electron chi connectivity index (χ0n) is 20.5. The van der Waals surface area contributed by atoms with Gasteiger partial charge in [-0.25, -0.2) is 0 Å². The fourth-order valence-corrected chi connectivity index (χ4v) is 9.62. The van der Waals surface area contributed by atoms with E-state index in [9.17, 15) is 0 Å². The van der Waals surface area contributed by atoms with E-state index in [1.54, 1.807) is 19.3 Å². The van der Waals surface area contributed by atoms with E-state index in [2.05, 4.69) is 34.6 Å². The Morgan fingerprint density at radius 2 is 1.59 bits per heavy atom. The molecular formula is C28H50O. The van der Waals surface area contributed by atoms with E-state index >= 15 is 0 Å². The lowest BCUT2D eigenvalue weighted by Crippen LogP contribution is -2.54. The molecule has 0 aromatic carbocycles. The molecule has 0 aliphatic heterocycles. The minimum atomic E-state index is 0.631. The van der Waals surface area contributed by atoms with Crippen LogP contribution in [-0.4, -0.2) is 13.7 Å². The first-order chi connectivity index (χ1) is 13.8. The minimum absolute atomic E-state index is 0.631. The molecule has 0 bridgehead atoms. The van der Waals surface area contributed by atoms with Gasteiger partial charge in [-0.2, -0.15) is 0 Å². The second-order valence-electron chi connectivity index (χ2n) is 12.8. The Kier molecular flexibility index (Phi) is 6.48. The summed E-state index contributed by atoms with van der Waals surface area (Å²) in [5, 5.41) is 0. The average Bonchev–Trinajstić information content (AvgIpc) is 3.04. The Balaban J connectivity index is 1.47. The Morgan fingerprint density at radius 1 is 0.862 bits per heavy atom. The van der Waals surface area contributed by atoms with Gasteiger partial charge < -0.3 is 4.74 Å². The Morgan fingerprint density at radius 3 is 2.31 bits per heavy atom. The van der Waals surface area contributed by atoms with Gasteiger partial charge in [0.05, 0.1) is 0 Å². The van der Waals surface area contributed by atoms with Crippen LogP contribution in [0.5, 0.6) is 0 Å². The van der Waals surface area contributed by atoms with Crippen molar-refractivity contribution in [3.05, 3.63) is 0 Å². The number of ether oxygens (including phenoxy) is 1. The second-order valence-corrected chi connectivity index (χ2v) is 12.8. The van der Waals surface area contributed by atoms with Crippen LogP contribution in [0.3, 0.4) is 0 Å². The molecule has 168 valence electrons.